The molecule has 1 amide bonds. The van der Waals surface area contributed by atoms with Crippen molar-refractivity contribution in [3.63, 3.8) is 0 Å². The summed E-state index contributed by atoms with van der Waals surface area (Å²) in [6.07, 6.45) is 1.08. The Morgan fingerprint density at radius 1 is 1.07 bits per heavy atom. The third kappa shape index (κ3) is 4.07. The second-order valence-electron chi connectivity index (χ2n) is 7.30. The molecule has 0 saturated heterocycles. The van der Waals surface area contributed by atoms with Gasteiger partial charge in [0, 0.05) is 11.3 Å². The molecule has 1 atom stereocenters. The maximum absolute atomic E-state index is 12.7. The van der Waals surface area contributed by atoms with Gasteiger partial charge in [-0.05, 0) is 60.4 Å². The summed E-state index contributed by atoms with van der Waals surface area (Å²) in [6.45, 7) is 4.36. The summed E-state index contributed by atoms with van der Waals surface area (Å²) in [6, 6.07) is 18.6. The van der Waals surface area contributed by atoms with E-state index in [2.05, 4.69) is 41.3 Å². The molecule has 0 aliphatic carbocycles. The molecule has 0 saturated carbocycles. The summed E-state index contributed by atoms with van der Waals surface area (Å²) in [5.74, 6) is 0.886. The topological polar surface area (TPSA) is 57.8 Å². The first-order chi connectivity index (χ1) is 14.5. The van der Waals surface area contributed by atoms with Gasteiger partial charge in [-0.25, -0.2) is 4.98 Å². The summed E-state index contributed by atoms with van der Waals surface area (Å²) < 4.78 is 0. The summed E-state index contributed by atoms with van der Waals surface area (Å²) in [5, 5.41) is 3.98. The van der Waals surface area contributed by atoms with E-state index in [0.717, 1.165) is 23.1 Å². The van der Waals surface area contributed by atoms with Crippen LogP contribution in [0.4, 0.5) is 5.69 Å². The van der Waals surface area contributed by atoms with E-state index in [9.17, 15) is 4.79 Å². The fourth-order valence-electron chi connectivity index (χ4n) is 3.33. The molecular formula is C24H21Cl2N3O. The van der Waals surface area contributed by atoms with Crippen LogP contribution in [0.1, 0.15) is 42.1 Å². The first-order valence-electron chi connectivity index (χ1n) is 9.81. The molecule has 1 heterocycles. The van der Waals surface area contributed by atoms with Crippen molar-refractivity contribution in [2.75, 3.05) is 5.32 Å². The molecular weight excluding hydrogens is 417 g/mol. The number of anilines is 1. The lowest BCUT2D eigenvalue weighted by atomic mass is 9.98. The van der Waals surface area contributed by atoms with Crippen molar-refractivity contribution in [3.8, 4) is 11.4 Å². The predicted molar refractivity (Wildman–Crippen MR) is 125 cm³/mol. The van der Waals surface area contributed by atoms with Crippen LogP contribution in [0, 0.1) is 0 Å². The maximum atomic E-state index is 12.7. The first kappa shape index (κ1) is 20.5. The number of rotatable bonds is 5. The molecule has 0 fully saturated rings. The van der Waals surface area contributed by atoms with Gasteiger partial charge in [0.25, 0.3) is 5.91 Å². The molecule has 0 radical (unpaired) electrons. The Labute approximate surface area is 185 Å². The highest BCUT2D eigenvalue weighted by Gasteiger charge is 2.14. The Kier molecular flexibility index (Phi) is 5.80. The maximum Gasteiger partial charge on any atom is 0.255 e. The zero-order valence-corrected chi connectivity index (χ0v) is 18.2. The summed E-state index contributed by atoms with van der Waals surface area (Å²) >= 11 is 12.6. The summed E-state index contributed by atoms with van der Waals surface area (Å²) in [4.78, 5) is 20.5. The Bertz CT molecular complexity index is 1190. The Hall–Kier alpha value is -2.82. The number of carbonyl (C=O) groups is 1. The normalized spacial score (nSPS) is 12.1. The average Bonchev–Trinajstić information content (AvgIpc) is 3.16. The third-order valence-corrected chi connectivity index (χ3v) is 5.92. The van der Waals surface area contributed by atoms with Crippen LogP contribution in [0.15, 0.2) is 60.7 Å². The van der Waals surface area contributed by atoms with Gasteiger partial charge in [-0.1, -0.05) is 55.2 Å². The van der Waals surface area contributed by atoms with Crippen molar-refractivity contribution >= 4 is 45.8 Å². The fourth-order valence-corrected chi connectivity index (χ4v) is 3.90. The van der Waals surface area contributed by atoms with Crippen molar-refractivity contribution < 1.29 is 4.79 Å². The molecule has 0 spiro atoms. The average molecular weight is 438 g/mol. The predicted octanol–water partition coefficient (Wildman–Crippen LogP) is 7.30. The Morgan fingerprint density at radius 2 is 1.77 bits per heavy atom. The van der Waals surface area contributed by atoms with Crippen LogP contribution in [-0.4, -0.2) is 15.9 Å². The van der Waals surface area contributed by atoms with Gasteiger partial charge in [0.2, 0.25) is 0 Å². The lowest BCUT2D eigenvalue weighted by Gasteiger charge is -2.10. The largest absolute Gasteiger partial charge is 0.338 e. The van der Waals surface area contributed by atoms with Crippen LogP contribution in [0.3, 0.4) is 0 Å². The molecule has 1 aromatic heterocycles. The quantitative estimate of drug-likeness (QED) is 0.343. The second-order valence-corrected chi connectivity index (χ2v) is 8.11. The molecule has 1 unspecified atom stereocenters. The molecule has 4 nitrogen and oxygen atoms in total. The van der Waals surface area contributed by atoms with Gasteiger partial charge in [0.15, 0.2) is 0 Å². The number of amides is 1. The van der Waals surface area contributed by atoms with E-state index in [0.29, 0.717) is 32.9 Å². The van der Waals surface area contributed by atoms with Crippen molar-refractivity contribution in [1.29, 1.82) is 0 Å². The van der Waals surface area contributed by atoms with E-state index in [-0.39, 0.29) is 5.91 Å². The molecule has 6 heteroatoms. The van der Waals surface area contributed by atoms with Gasteiger partial charge in [-0.3, -0.25) is 4.79 Å². The number of hydrogen-bond acceptors (Lipinski definition) is 2. The second kappa shape index (κ2) is 8.50. The minimum Gasteiger partial charge on any atom is -0.338 e. The number of aromatic amines is 1. The SMILES string of the molecule is CCC(C)c1ccc(NC(=O)c2ccc3nc(-c4c(Cl)cccc4Cl)[nH]c3c2)cc1. The molecule has 0 aliphatic rings. The monoisotopic (exact) mass is 437 g/mol. The lowest BCUT2D eigenvalue weighted by Crippen LogP contribution is -2.11. The van der Waals surface area contributed by atoms with Crippen molar-refractivity contribution in [2.45, 2.75) is 26.2 Å². The zero-order chi connectivity index (χ0) is 21.3. The van der Waals surface area contributed by atoms with Crippen molar-refractivity contribution in [2.24, 2.45) is 0 Å². The van der Waals surface area contributed by atoms with Crippen molar-refractivity contribution in [1.82, 2.24) is 9.97 Å². The first-order valence-corrected chi connectivity index (χ1v) is 10.6. The highest BCUT2D eigenvalue weighted by atomic mass is 35.5. The van der Waals surface area contributed by atoms with E-state index in [1.54, 1.807) is 36.4 Å². The number of H-pyrrole nitrogens is 1. The van der Waals surface area contributed by atoms with Gasteiger partial charge in [0.05, 0.1) is 26.6 Å². The minimum atomic E-state index is -0.180. The van der Waals surface area contributed by atoms with Gasteiger partial charge in [-0.2, -0.15) is 0 Å². The fraction of sp³-hybridized carbons (Fsp3) is 0.167. The van der Waals surface area contributed by atoms with E-state index < -0.39 is 0 Å². The van der Waals surface area contributed by atoms with Crippen LogP contribution >= 0.6 is 23.2 Å². The number of hydrogen-bond donors (Lipinski definition) is 2. The molecule has 0 bridgehead atoms. The number of halogens is 2. The lowest BCUT2D eigenvalue weighted by molar-refractivity contribution is 0.102. The smallest absolute Gasteiger partial charge is 0.255 e. The number of nitrogens with zero attached hydrogens (tertiary/aromatic N) is 1. The number of carbonyl (C=O) groups excluding carboxylic acids is 1. The van der Waals surface area contributed by atoms with Crippen LogP contribution < -0.4 is 5.32 Å². The van der Waals surface area contributed by atoms with Crippen LogP contribution in [-0.2, 0) is 0 Å². The molecule has 4 aromatic rings. The van der Waals surface area contributed by atoms with Gasteiger partial charge >= 0.3 is 0 Å². The number of nitrogens with one attached hydrogen (secondary N) is 2. The van der Waals surface area contributed by atoms with E-state index in [1.165, 1.54) is 5.56 Å². The van der Waals surface area contributed by atoms with Gasteiger partial charge in [0.1, 0.15) is 5.82 Å². The van der Waals surface area contributed by atoms with Gasteiger partial charge < -0.3 is 10.3 Å². The van der Waals surface area contributed by atoms with Crippen LogP contribution in [0.5, 0.6) is 0 Å². The summed E-state index contributed by atoms with van der Waals surface area (Å²) in [5.41, 5.74) is 4.68. The van der Waals surface area contributed by atoms with Crippen molar-refractivity contribution in [3.05, 3.63) is 81.8 Å². The molecule has 0 aliphatic heterocycles. The molecule has 2 N–H and O–H groups in total. The Morgan fingerprint density at radius 3 is 2.43 bits per heavy atom. The van der Waals surface area contributed by atoms with Crippen LogP contribution in [0.2, 0.25) is 10.0 Å². The number of aromatic nitrogens is 2. The van der Waals surface area contributed by atoms with Gasteiger partial charge in [-0.15, -0.1) is 0 Å². The van der Waals surface area contributed by atoms with E-state index in [1.807, 2.05) is 12.1 Å². The number of benzene rings is 3. The molecule has 152 valence electrons. The summed E-state index contributed by atoms with van der Waals surface area (Å²) in [7, 11) is 0. The third-order valence-electron chi connectivity index (χ3n) is 5.29. The number of imidazole rings is 1. The van der Waals surface area contributed by atoms with E-state index >= 15 is 0 Å². The molecule has 30 heavy (non-hydrogen) atoms. The van der Waals surface area contributed by atoms with Crippen LogP contribution in [0.25, 0.3) is 22.4 Å². The molecule has 3 aromatic carbocycles. The standard InChI is InChI=1S/C24H21Cl2N3O/c1-3-14(2)15-7-10-17(11-8-15)27-24(30)16-9-12-20-21(13-16)29-23(28-20)22-18(25)5-4-6-19(22)26/h4-14H,3H2,1-2H3,(H,27,30)(H,28,29). The number of fused-ring (bicyclic) bond motifs is 1. The van der Waals surface area contributed by atoms with E-state index in [4.69, 9.17) is 23.2 Å². The zero-order valence-electron chi connectivity index (χ0n) is 16.7. The minimum absolute atomic E-state index is 0.180. The highest BCUT2D eigenvalue weighted by Crippen LogP contribution is 2.34. The molecule has 4 rings (SSSR count). The Balaban J connectivity index is 1.58. The highest BCUT2D eigenvalue weighted by molar-refractivity contribution is 6.39.